The number of nitrogens with one attached hydrogen (secondary N) is 1. The van der Waals surface area contributed by atoms with Crippen LogP contribution in [0.2, 0.25) is 0 Å². The van der Waals surface area contributed by atoms with Crippen molar-refractivity contribution in [3.05, 3.63) is 18.0 Å². The Morgan fingerprint density at radius 1 is 1.45 bits per heavy atom. The van der Waals surface area contributed by atoms with Crippen molar-refractivity contribution in [1.29, 1.82) is 0 Å². The van der Waals surface area contributed by atoms with Crippen LogP contribution in [0.15, 0.2) is 12.3 Å². The van der Waals surface area contributed by atoms with Crippen LogP contribution in [-0.2, 0) is 18.2 Å². The van der Waals surface area contributed by atoms with Gasteiger partial charge in [0.1, 0.15) is 0 Å². The van der Waals surface area contributed by atoms with Gasteiger partial charge in [-0.1, -0.05) is 0 Å². The molecule has 2 heterocycles. The van der Waals surface area contributed by atoms with Gasteiger partial charge in [-0.2, -0.15) is 5.10 Å². The first-order valence-corrected chi connectivity index (χ1v) is 7.70. The van der Waals surface area contributed by atoms with Gasteiger partial charge in [-0.05, 0) is 52.5 Å². The first-order valence-electron chi connectivity index (χ1n) is 7.70. The molecule has 1 aliphatic rings. The summed E-state index contributed by atoms with van der Waals surface area (Å²) in [7, 11) is 2.02. The number of aryl methyl sites for hydroxylation is 2. The molecule has 0 aliphatic carbocycles. The van der Waals surface area contributed by atoms with Crippen molar-refractivity contribution < 1.29 is 4.74 Å². The second-order valence-electron chi connectivity index (χ2n) is 7.21. The number of aromatic nitrogens is 2. The lowest BCUT2D eigenvalue weighted by Gasteiger charge is -2.39. The number of nitrogens with zero attached hydrogens (tertiary/aromatic N) is 2. The second kappa shape index (κ2) is 6.27. The van der Waals surface area contributed by atoms with E-state index >= 15 is 0 Å². The molecule has 1 unspecified atom stereocenters. The highest BCUT2D eigenvalue weighted by molar-refractivity contribution is 5.02. The molecule has 1 aromatic rings. The Hall–Kier alpha value is -0.870. The molecule has 0 bridgehead atoms. The second-order valence-corrected chi connectivity index (χ2v) is 7.21. The summed E-state index contributed by atoms with van der Waals surface area (Å²) in [5, 5.41) is 7.93. The van der Waals surface area contributed by atoms with Crippen LogP contribution in [0.1, 0.15) is 45.7 Å². The lowest BCUT2D eigenvalue weighted by molar-refractivity contribution is -0.0148. The van der Waals surface area contributed by atoms with Gasteiger partial charge in [0.05, 0.1) is 6.61 Å². The van der Waals surface area contributed by atoms with Gasteiger partial charge in [0.25, 0.3) is 0 Å². The van der Waals surface area contributed by atoms with Crippen LogP contribution in [0.25, 0.3) is 0 Å². The molecule has 1 saturated heterocycles. The minimum absolute atomic E-state index is 0.164. The smallest absolute Gasteiger partial charge is 0.0534 e. The molecular formula is C16H29N3O. The Morgan fingerprint density at radius 2 is 2.25 bits per heavy atom. The van der Waals surface area contributed by atoms with Crippen LogP contribution in [-0.4, -0.2) is 35.1 Å². The summed E-state index contributed by atoms with van der Waals surface area (Å²) in [5.74, 6) is 0. The molecule has 0 saturated carbocycles. The van der Waals surface area contributed by atoms with Gasteiger partial charge in [0.2, 0.25) is 0 Å². The third kappa shape index (κ3) is 4.32. The van der Waals surface area contributed by atoms with Gasteiger partial charge in [0, 0.05) is 43.0 Å². The van der Waals surface area contributed by atoms with E-state index in [4.69, 9.17) is 4.74 Å². The van der Waals surface area contributed by atoms with E-state index in [1.165, 1.54) is 18.5 Å². The molecule has 0 radical (unpaired) electrons. The van der Waals surface area contributed by atoms with E-state index in [-0.39, 0.29) is 11.0 Å². The normalized spacial score (nSPS) is 24.0. The summed E-state index contributed by atoms with van der Waals surface area (Å²) in [6.07, 6.45) is 6.55. The van der Waals surface area contributed by atoms with E-state index < -0.39 is 0 Å². The van der Waals surface area contributed by atoms with Gasteiger partial charge in [-0.15, -0.1) is 0 Å². The molecule has 4 nitrogen and oxygen atoms in total. The van der Waals surface area contributed by atoms with Crippen molar-refractivity contribution in [1.82, 2.24) is 15.1 Å². The lowest BCUT2D eigenvalue weighted by atomic mass is 9.77. The Labute approximate surface area is 122 Å². The molecule has 1 N–H and O–H groups in total. The number of rotatable bonds is 5. The van der Waals surface area contributed by atoms with Crippen molar-refractivity contribution >= 4 is 0 Å². The fraction of sp³-hybridized carbons (Fsp3) is 0.812. The zero-order valence-electron chi connectivity index (χ0n) is 13.4. The van der Waals surface area contributed by atoms with Crippen molar-refractivity contribution in [2.24, 2.45) is 12.5 Å². The molecular weight excluding hydrogens is 250 g/mol. The predicted molar refractivity (Wildman–Crippen MR) is 81.8 cm³/mol. The zero-order valence-corrected chi connectivity index (χ0v) is 13.4. The van der Waals surface area contributed by atoms with Crippen LogP contribution in [0.3, 0.4) is 0 Å². The highest BCUT2D eigenvalue weighted by atomic mass is 16.5. The van der Waals surface area contributed by atoms with Crippen LogP contribution >= 0.6 is 0 Å². The molecule has 2 rings (SSSR count). The third-order valence-electron chi connectivity index (χ3n) is 4.23. The number of hydrogen-bond acceptors (Lipinski definition) is 3. The van der Waals surface area contributed by atoms with Crippen molar-refractivity contribution in [2.75, 3.05) is 19.8 Å². The summed E-state index contributed by atoms with van der Waals surface area (Å²) in [6, 6.07) is 2.12. The number of ether oxygens (including phenoxy) is 1. The van der Waals surface area contributed by atoms with Gasteiger partial charge < -0.3 is 10.1 Å². The first-order chi connectivity index (χ1) is 9.40. The van der Waals surface area contributed by atoms with Crippen molar-refractivity contribution in [2.45, 2.75) is 52.0 Å². The molecule has 114 valence electrons. The monoisotopic (exact) mass is 279 g/mol. The van der Waals surface area contributed by atoms with E-state index in [9.17, 15) is 0 Å². The SMILES string of the molecule is Cn1nccc1CCC1(CNC(C)(C)C)CCCOC1. The van der Waals surface area contributed by atoms with E-state index in [0.29, 0.717) is 0 Å². The van der Waals surface area contributed by atoms with Gasteiger partial charge in [-0.3, -0.25) is 4.68 Å². The topological polar surface area (TPSA) is 39.1 Å². The van der Waals surface area contributed by atoms with Crippen LogP contribution in [0, 0.1) is 5.41 Å². The van der Waals surface area contributed by atoms with Crippen molar-refractivity contribution in [3.63, 3.8) is 0 Å². The Morgan fingerprint density at radius 3 is 2.80 bits per heavy atom. The summed E-state index contributed by atoms with van der Waals surface area (Å²) in [4.78, 5) is 0. The maximum atomic E-state index is 5.79. The minimum atomic E-state index is 0.164. The summed E-state index contributed by atoms with van der Waals surface area (Å²) >= 11 is 0. The van der Waals surface area contributed by atoms with Crippen LogP contribution < -0.4 is 5.32 Å². The minimum Gasteiger partial charge on any atom is -0.381 e. The van der Waals surface area contributed by atoms with Crippen LogP contribution in [0.4, 0.5) is 0 Å². The highest BCUT2D eigenvalue weighted by Crippen LogP contribution is 2.33. The maximum absolute atomic E-state index is 5.79. The Kier molecular flexibility index (Phi) is 4.86. The largest absolute Gasteiger partial charge is 0.381 e. The maximum Gasteiger partial charge on any atom is 0.0534 e. The molecule has 1 fully saturated rings. The van der Waals surface area contributed by atoms with E-state index in [1.807, 2.05) is 17.9 Å². The molecule has 1 aliphatic heterocycles. The van der Waals surface area contributed by atoms with E-state index in [0.717, 1.165) is 32.6 Å². The molecule has 0 amide bonds. The highest BCUT2D eigenvalue weighted by Gasteiger charge is 2.33. The molecule has 1 atom stereocenters. The van der Waals surface area contributed by atoms with Gasteiger partial charge in [0.15, 0.2) is 0 Å². The van der Waals surface area contributed by atoms with Gasteiger partial charge in [-0.25, -0.2) is 0 Å². The predicted octanol–water partition coefficient (Wildman–Crippen LogP) is 2.54. The fourth-order valence-corrected chi connectivity index (χ4v) is 2.83. The fourth-order valence-electron chi connectivity index (χ4n) is 2.83. The Bertz CT molecular complexity index is 414. The lowest BCUT2D eigenvalue weighted by Crippen LogP contribution is -2.47. The average molecular weight is 279 g/mol. The quantitative estimate of drug-likeness (QED) is 0.900. The van der Waals surface area contributed by atoms with E-state index in [2.05, 4.69) is 37.3 Å². The summed E-state index contributed by atoms with van der Waals surface area (Å²) in [5.41, 5.74) is 1.75. The molecule has 0 aromatic carbocycles. The van der Waals surface area contributed by atoms with Gasteiger partial charge >= 0.3 is 0 Å². The first kappa shape index (κ1) is 15.5. The molecule has 20 heavy (non-hydrogen) atoms. The van der Waals surface area contributed by atoms with E-state index in [1.54, 1.807) is 0 Å². The average Bonchev–Trinajstić information content (AvgIpc) is 2.80. The molecule has 4 heteroatoms. The van der Waals surface area contributed by atoms with Crippen LogP contribution in [0.5, 0.6) is 0 Å². The van der Waals surface area contributed by atoms with Crippen molar-refractivity contribution in [3.8, 4) is 0 Å². The molecule has 1 aromatic heterocycles. The summed E-state index contributed by atoms with van der Waals surface area (Å²) < 4.78 is 7.77. The number of hydrogen-bond donors (Lipinski definition) is 1. The molecule has 0 spiro atoms. The zero-order chi connectivity index (χ0) is 14.6. The standard InChI is InChI=1S/C16H29N3O/c1-15(2,3)17-12-16(8-5-11-20-13-16)9-6-14-7-10-18-19(14)4/h7,10,17H,5-6,8-9,11-13H2,1-4H3. The third-order valence-corrected chi connectivity index (χ3v) is 4.23. The Balaban J connectivity index is 1.97. The summed E-state index contributed by atoms with van der Waals surface area (Å²) in [6.45, 7) is 9.52.